The van der Waals surface area contributed by atoms with Crippen LogP contribution >= 0.6 is 26.6 Å². The molecule has 25 heavy (non-hydrogen) atoms. The fraction of sp³-hybridized carbons (Fsp3) is 0.214. The third kappa shape index (κ3) is 3.16. The van der Waals surface area contributed by atoms with Crippen molar-refractivity contribution in [3.05, 3.63) is 55.0 Å². The number of aromatic nitrogens is 3. The van der Waals surface area contributed by atoms with Crippen molar-refractivity contribution in [2.45, 2.75) is 18.4 Å². The van der Waals surface area contributed by atoms with Gasteiger partial charge in [0.15, 0.2) is 5.76 Å². The van der Waals surface area contributed by atoms with Gasteiger partial charge in [-0.05, 0) is 35.0 Å². The van der Waals surface area contributed by atoms with Crippen molar-refractivity contribution in [3.8, 4) is 0 Å². The molecule has 0 radical (unpaired) electrons. The Morgan fingerprint density at radius 2 is 1.96 bits per heavy atom. The van der Waals surface area contributed by atoms with Gasteiger partial charge in [0.1, 0.15) is 0 Å². The van der Waals surface area contributed by atoms with Gasteiger partial charge in [-0.2, -0.15) is 0 Å². The number of aryl methyl sites for hydroxylation is 2. The lowest BCUT2D eigenvalue weighted by Crippen LogP contribution is -2.39. The fourth-order valence-corrected chi connectivity index (χ4v) is 4.18. The van der Waals surface area contributed by atoms with Crippen molar-refractivity contribution in [2.75, 3.05) is 0 Å². The molecule has 0 fully saturated rings. The summed E-state index contributed by atoms with van der Waals surface area (Å²) in [7, 11) is 2.81. The molecule has 1 aromatic carbocycles. The van der Waals surface area contributed by atoms with Gasteiger partial charge in [0.2, 0.25) is 0 Å². The zero-order valence-electron chi connectivity index (χ0n) is 13.0. The van der Waals surface area contributed by atoms with E-state index >= 15 is 0 Å². The molecule has 3 rings (SSSR count). The minimum absolute atomic E-state index is 0.0342. The number of fused-ring (bicyclic) bond motifs is 1. The highest BCUT2D eigenvalue weighted by Crippen LogP contribution is 2.27. The lowest BCUT2D eigenvalue weighted by molar-refractivity contribution is 0.369. The van der Waals surface area contributed by atoms with E-state index in [-0.39, 0.29) is 26.8 Å². The van der Waals surface area contributed by atoms with Gasteiger partial charge < -0.3 is 4.52 Å². The van der Waals surface area contributed by atoms with Gasteiger partial charge in [0.05, 0.1) is 28.0 Å². The van der Waals surface area contributed by atoms with Crippen molar-refractivity contribution in [3.63, 3.8) is 0 Å². The van der Waals surface area contributed by atoms with Gasteiger partial charge in [-0.1, -0.05) is 5.16 Å². The smallest absolute Gasteiger partial charge is 0.331 e. The number of rotatable bonds is 3. The van der Waals surface area contributed by atoms with Crippen LogP contribution < -0.4 is 11.2 Å². The normalized spacial score (nSPS) is 12.0. The van der Waals surface area contributed by atoms with Gasteiger partial charge in [0, 0.05) is 28.3 Å². The molecule has 0 N–H and O–H groups in total. The molecule has 132 valence electrons. The first-order valence-corrected chi connectivity index (χ1v) is 10.00. The second-order valence-corrected chi connectivity index (χ2v) is 8.83. The molecule has 0 aliphatic heterocycles. The Kier molecular flexibility index (Phi) is 4.38. The molecule has 3 aromatic rings. The van der Waals surface area contributed by atoms with Crippen LogP contribution in [0.1, 0.15) is 11.5 Å². The van der Waals surface area contributed by atoms with Crippen molar-refractivity contribution in [1.82, 2.24) is 14.3 Å². The molecule has 2 heterocycles. The Labute approximate surface area is 154 Å². The van der Waals surface area contributed by atoms with E-state index in [2.05, 4.69) is 21.1 Å². The molecule has 2 aromatic heterocycles. The molecule has 0 saturated carbocycles. The van der Waals surface area contributed by atoms with Gasteiger partial charge in [-0.3, -0.25) is 13.9 Å². The average Bonchev–Trinajstić information content (AvgIpc) is 2.93. The molecule has 0 unspecified atom stereocenters. The Bertz CT molecular complexity index is 1230. The lowest BCUT2D eigenvalue weighted by Gasteiger charge is -2.12. The maximum atomic E-state index is 12.8. The molecule has 0 aliphatic rings. The lowest BCUT2D eigenvalue weighted by atomic mass is 10.2. The first kappa shape index (κ1) is 17.9. The molecule has 8 nitrogen and oxygen atoms in total. The standard InChI is InChI=1S/C14H11BrClN3O5S/c1-7-3-8(24-17-7)6-19-13(20)10-4-9(25(16,22)23)5-11(15)12(10)18(2)14(19)21/h3-5H,6H2,1-2H3. The minimum atomic E-state index is -4.05. The average molecular weight is 449 g/mol. The highest BCUT2D eigenvalue weighted by molar-refractivity contribution is 9.10. The van der Waals surface area contributed by atoms with Gasteiger partial charge >= 0.3 is 5.69 Å². The number of nitrogens with zero attached hydrogens (tertiary/aromatic N) is 3. The highest BCUT2D eigenvalue weighted by Gasteiger charge is 2.19. The summed E-state index contributed by atoms with van der Waals surface area (Å²) in [5, 5.41) is 3.75. The van der Waals surface area contributed by atoms with Crippen LogP contribution in [0, 0.1) is 6.92 Å². The zero-order chi connectivity index (χ0) is 18.5. The van der Waals surface area contributed by atoms with E-state index in [1.165, 1.54) is 17.7 Å². The molecule has 11 heteroatoms. The first-order valence-electron chi connectivity index (χ1n) is 6.89. The fourth-order valence-electron chi connectivity index (χ4n) is 2.51. The SMILES string of the molecule is Cc1cc(Cn2c(=O)c3cc(S(=O)(=O)Cl)cc(Br)c3n(C)c2=O)on1. The highest BCUT2D eigenvalue weighted by atomic mass is 79.9. The van der Waals surface area contributed by atoms with Gasteiger partial charge in [0.25, 0.3) is 14.6 Å². The van der Waals surface area contributed by atoms with Crippen molar-refractivity contribution in [2.24, 2.45) is 7.05 Å². The summed E-state index contributed by atoms with van der Waals surface area (Å²) >= 11 is 3.19. The molecule has 0 bridgehead atoms. The summed E-state index contributed by atoms with van der Waals surface area (Å²) in [6.45, 7) is 1.58. The summed E-state index contributed by atoms with van der Waals surface area (Å²) in [6.07, 6.45) is 0. The van der Waals surface area contributed by atoms with Crippen molar-refractivity contribution >= 4 is 46.6 Å². The zero-order valence-corrected chi connectivity index (χ0v) is 16.1. The maximum absolute atomic E-state index is 12.8. The summed E-state index contributed by atoms with van der Waals surface area (Å²) in [6, 6.07) is 3.99. The summed E-state index contributed by atoms with van der Waals surface area (Å²) in [4.78, 5) is 25.1. The van der Waals surface area contributed by atoms with Gasteiger partial charge in [-0.15, -0.1) is 0 Å². The third-order valence-corrected chi connectivity index (χ3v) is 5.58. The molecule has 0 amide bonds. The van der Waals surface area contributed by atoms with Crippen LogP contribution in [-0.2, 0) is 22.6 Å². The van der Waals surface area contributed by atoms with E-state index in [0.29, 0.717) is 11.5 Å². The Morgan fingerprint density at radius 3 is 2.52 bits per heavy atom. The van der Waals surface area contributed by atoms with Crippen molar-refractivity contribution < 1.29 is 12.9 Å². The topological polar surface area (TPSA) is 104 Å². The van der Waals surface area contributed by atoms with Gasteiger partial charge in [-0.25, -0.2) is 13.2 Å². The van der Waals surface area contributed by atoms with Crippen LogP contribution in [0.4, 0.5) is 0 Å². The predicted molar refractivity (Wildman–Crippen MR) is 94.5 cm³/mol. The summed E-state index contributed by atoms with van der Waals surface area (Å²) in [5.74, 6) is 0.330. The van der Waals surface area contributed by atoms with Crippen LogP contribution in [0.25, 0.3) is 10.9 Å². The molecular weight excluding hydrogens is 438 g/mol. The summed E-state index contributed by atoms with van der Waals surface area (Å²) < 4.78 is 30.7. The van der Waals surface area contributed by atoms with Crippen LogP contribution in [0.2, 0.25) is 0 Å². The molecular formula is C14H11BrClN3O5S. The summed E-state index contributed by atoms with van der Waals surface area (Å²) in [5.41, 5.74) is -0.355. The molecule has 0 spiro atoms. The van der Waals surface area contributed by atoms with E-state index in [1.54, 1.807) is 13.0 Å². The second kappa shape index (κ2) is 6.11. The molecule has 0 aliphatic carbocycles. The number of benzene rings is 1. The molecule has 0 saturated heterocycles. The van der Waals surface area contributed by atoms with Crippen molar-refractivity contribution in [1.29, 1.82) is 0 Å². The minimum Gasteiger partial charge on any atom is -0.359 e. The van der Waals surface area contributed by atoms with E-state index < -0.39 is 20.3 Å². The number of hydrogen-bond donors (Lipinski definition) is 0. The van der Waals surface area contributed by atoms with E-state index in [1.807, 2.05) is 0 Å². The first-order chi connectivity index (χ1) is 11.6. The number of halogens is 2. The largest absolute Gasteiger partial charge is 0.359 e. The Hall–Kier alpha value is -1.91. The van der Waals surface area contributed by atoms with Crippen LogP contribution in [0.15, 0.2) is 41.7 Å². The van der Waals surface area contributed by atoms with Crippen LogP contribution in [0.3, 0.4) is 0 Å². The van der Waals surface area contributed by atoms with Crippen LogP contribution in [0.5, 0.6) is 0 Å². The van der Waals surface area contributed by atoms with E-state index in [4.69, 9.17) is 15.2 Å². The predicted octanol–water partition coefficient (Wildman–Crippen LogP) is 1.73. The van der Waals surface area contributed by atoms with Crippen LogP contribution in [-0.4, -0.2) is 22.7 Å². The Balaban J connectivity index is 2.36. The maximum Gasteiger partial charge on any atom is 0.331 e. The van der Waals surface area contributed by atoms with E-state index in [9.17, 15) is 18.0 Å². The second-order valence-electron chi connectivity index (χ2n) is 5.41. The molecule has 0 atom stereocenters. The van der Waals surface area contributed by atoms with E-state index in [0.717, 1.165) is 10.6 Å². The number of hydrogen-bond acceptors (Lipinski definition) is 6. The Morgan fingerprint density at radius 1 is 1.28 bits per heavy atom. The quantitative estimate of drug-likeness (QED) is 0.565. The monoisotopic (exact) mass is 447 g/mol. The third-order valence-electron chi connectivity index (χ3n) is 3.64.